The highest BCUT2D eigenvalue weighted by Gasteiger charge is 2.41. The largest absolute Gasteiger partial charge is 0.373 e. The van der Waals surface area contributed by atoms with Gasteiger partial charge in [0.1, 0.15) is 6.61 Å². The van der Waals surface area contributed by atoms with E-state index in [9.17, 15) is 17.6 Å². The van der Waals surface area contributed by atoms with Gasteiger partial charge in [0.2, 0.25) is 0 Å². The molecule has 0 saturated heterocycles. The summed E-state index contributed by atoms with van der Waals surface area (Å²) in [6, 6.07) is -0.0313. The Bertz CT molecular complexity index is 276. The molecule has 0 amide bonds. The van der Waals surface area contributed by atoms with E-state index in [1.54, 1.807) is 0 Å². The summed E-state index contributed by atoms with van der Waals surface area (Å²) in [4.78, 5) is 0. The summed E-state index contributed by atoms with van der Waals surface area (Å²) in [5.74, 6) is -3.06. The highest BCUT2D eigenvalue weighted by atomic mass is 19.3. The number of hydrogen-bond donors (Lipinski definition) is 1. The van der Waals surface area contributed by atoms with Crippen LogP contribution in [0.3, 0.4) is 0 Å². The van der Waals surface area contributed by atoms with Crippen LogP contribution in [0.5, 0.6) is 0 Å². The second-order valence-electron chi connectivity index (χ2n) is 5.77. The molecule has 2 nitrogen and oxygen atoms in total. The predicted octanol–water partition coefficient (Wildman–Crippen LogP) is 3.71. The van der Waals surface area contributed by atoms with E-state index >= 15 is 0 Å². The first-order valence-corrected chi connectivity index (χ1v) is 7.34. The van der Waals surface area contributed by atoms with Gasteiger partial charge >= 0.3 is 12.3 Å². The van der Waals surface area contributed by atoms with Crippen LogP contribution < -0.4 is 5.32 Å². The van der Waals surface area contributed by atoms with Crippen molar-refractivity contribution in [2.24, 2.45) is 11.8 Å². The topological polar surface area (TPSA) is 21.3 Å². The van der Waals surface area contributed by atoms with E-state index in [4.69, 9.17) is 4.74 Å². The number of nitrogens with one attached hydrogen (secondary N) is 1. The molecule has 0 aromatic carbocycles. The minimum absolute atomic E-state index is 0.0313. The Morgan fingerprint density at radius 1 is 1.30 bits per heavy atom. The van der Waals surface area contributed by atoms with E-state index in [0.717, 1.165) is 19.3 Å². The van der Waals surface area contributed by atoms with E-state index in [1.165, 1.54) is 6.42 Å². The summed E-state index contributed by atoms with van der Waals surface area (Å²) in [5.41, 5.74) is 0. The Labute approximate surface area is 118 Å². The first-order valence-electron chi connectivity index (χ1n) is 7.34. The summed E-state index contributed by atoms with van der Waals surface area (Å²) in [6.45, 7) is 3.68. The van der Waals surface area contributed by atoms with Crippen LogP contribution in [0.1, 0.15) is 39.5 Å². The quantitative estimate of drug-likeness (QED) is 0.690. The Hall–Kier alpha value is -0.360. The van der Waals surface area contributed by atoms with Crippen molar-refractivity contribution in [3.05, 3.63) is 0 Å². The van der Waals surface area contributed by atoms with Gasteiger partial charge in [0.25, 0.3) is 0 Å². The first-order chi connectivity index (χ1) is 9.36. The monoisotopic (exact) mass is 299 g/mol. The molecule has 0 aliphatic heterocycles. The third-order valence-corrected chi connectivity index (χ3v) is 3.92. The van der Waals surface area contributed by atoms with Crippen molar-refractivity contribution in [1.29, 1.82) is 0 Å². The molecular formula is C14H25F4NO. The van der Waals surface area contributed by atoms with Gasteiger partial charge in [0.15, 0.2) is 0 Å². The molecule has 1 aliphatic rings. The van der Waals surface area contributed by atoms with Gasteiger partial charge in [-0.2, -0.15) is 8.78 Å². The smallest absolute Gasteiger partial charge is 0.330 e. The van der Waals surface area contributed by atoms with Gasteiger partial charge in [-0.3, -0.25) is 0 Å². The van der Waals surface area contributed by atoms with Gasteiger partial charge in [-0.15, -0.1) is 0 Å². The van der Waals surface area contributed by atoms with E-state index in [-0.39, 0.29) is 12.6 Å². The highest BCUT2D eigenvalue weighted by molar-refractivity contribution is 4.81. The van der Waals surface area contributed by atoms with Crippen LogP contribution in [-0.4, -0.2) is 38.1 Å². The van der Waals surface area contributed by atoms with Gasteiger partial charge in [-0.25, -0.2) is 8.78 Å². The maximum atomic E-state index is 12.8. The lowest BCUT2D eigenvalue weighted by Crippen LogP contribution is -2.43. The van der Waals surface area contributed by atoms with Crippen LogP contribution in [0.25, 0.3) is 0 Å². The molecule has 0 heterocycles. The minimum atomic E-state index is -4.06. The van der Waals surface area contributed by atoms with Crippen molar-refractivity contribution >= 4 is 0 Å². The zero-order chi connectivity index (χ0) is 15.2. The number of likely N-dealkylation sites (N-methyl/N-ethyl adjacent to an activating group) is 1. The number of alkyl halides is 4. The first kappa shape index (κ1) is 17.7. The molecular weight excluding hydrogens is 274 g/mol. The summed E-state index contributed by atoms with van der Waals surface area (Å²) in [7, 11) is 0. The second kappa shape index (κ2) is 8.17. The zero-order valence-corrected chi connectivity index (χ0v) is 12.2. The van der Waals surface area contributed by atoms with Crippen molar-refractivity contribution in [2.45, 2.75) is 57.9 Å². The molecule has 3 unspecified atom stereocenters. The molecule has 1 rings (SSSR count). The Morgan fingerprint density at radius 3 is 2.55 bits per heavy atom. The molecule has 3 atom stereocenters. The predicted molar refractivity (Wildman–Crippen MR) is 70.4 cm³/mol. The van der Waals surface area contributed by atoms with Crippen LogP contribution in [0.2, 0.25) is 0 Å². The molecule has 0 bridgehead atoms. The van der Waals surface area contributed by atoms with E-state index < -0.39 is 19.0 Å². The summed E-state index contributed by atoms with van der Waals surface area (Å²) in [5, 5.41) is 3.23. The summed E-state index contributed by atoms with van der Waals surface area (Å²) < 4.78 is 54.5. The normalized spacial score (nSPS) is 25.9. The molecule has 1 aliphatic carbocycles. The minimum Gasteiger partial charge on any atom is -0.373 e. The molecule has 0 aromatic rings. The van der Waals surface area contributed by atoms with Gasteiger partial charge < -0.3 is 10.1 Å². The molecule has 120 valence electrons. The van der Waals surface area contributed by atoms with Crippen molar-refractivity contribution in [1.82, 2.24) is 5.32 Å². The van der Waals surface area contributed by atoms with E-state index in [1.807, 2.05) is 6.92 Å². The fraction of sp³-hybridized carbons (Fsp3) is 1.00. The van der Waals surface area contributed by atoms with E-state index in [2.05, 4.69) is 12.2 Å². The lowest BCUT2D eigenvalue weighted by molar-refractivity contribution is -0.168. The fourth-order valence-corrected chi connectivity index (χ4v) is 2.86. The molecule has 0 aromatic heterocycles. The zero-order valence-electron chi connectivity index (χ0n) is 12.2. The molecule has 1 saturated carbocycles. The fourth-order valence-electron chi connectivity index (χ4n) is 2.86. The van der Waals surface area contributed by atoms with Gasteiger partial charge in [0, 0.05) is 6.04 Å². The molecule has 1 fully saturated rings. The number of rotatable bonds is 8. The Balaban J connectivity index is 2.42. The summed E-state index contributed by atoms with van der Waals surface area (Å²) in [6.07, 6.45) is 0.721. The molecule has 20 heavy (non-hydrogen) atoms. The van der Waals surface area contributed by atoms with Crippen molar-refractivity contribution < 1.29 is 22.3 Å². The van der Waals surface area contributed by atoms with Crippen molar-refractivity contribution in [3.8, 4) is 0 Å². The Morgan fingerprint density at radius 2 is 2.00 bits per heavy atom. The SMILES string of the molecule is CCNC(COCC(F)(F)C(F)F)C1CCCC(C)C1. The van der Waals surface area contributed by atoms with E-state index in [0.29, 0.717) is 18.4 Å². The van der Waals surface area contributed by atoms with Crippen molar-refractivity contribution in [3.63, 3.8) is 0 Å². The second-order valence-corrected chi connectivity index (χ2v) is 5.77. The molecule has 6 heteroatoms. The van der Waals surface area contributed by atoms with Crippen molar-refractivity contribution in [2.75, 3.05) is 19.8 Å². The third-order valence-electron chi connectivity index (χ3n) is 3.92. The number of halogens is 4. The van der Waals surface area contributed by atoms with Gasteiger partial charge in [-0.1, -0.05) is 26.7 Å². The lowest BCUT2D eigenvalue weighted by Gasteiger charge is -2.34. The van der Waals surface area contributed by atoms with Crippen LogP contribution in [0.4, 0.5) is 17.6 Å². The molecule has 1 N–H and O–H groups in total. The maximum absolute atomic E-state index is 12.8. The Kier molecular flexibility index (Phi) is 7.23. The third kappa shape index (κ3) is 5.56. The van der Waals surface area contributed by atoms with Crippen LogP contribution in [0, 0.1) is 11.8 Å². The van der Waals surface area contributed by atoms with Gasteiger partial charge in [-0.05, 0) is 31.2 Å². The lowest BCUT2D eigenvalue weighted by atomic mass is 9.79. The molecule has 0 radical (unpaired) electrons. The van der Waals surface area contributed by atoms with Crippen LogP contribution in [-0.2, 0) is 4.74 Å². The number of hydrogen-bond acceptors (Lipinski definition) is 2. The average Bonchev–Trinajstić information content (AvgIpc) is 2.37. The molecule has 0 spiro atoms. The van der Waals surface area contributed by atoms with Crippen LogP contribution in [0.15, 0.2) is 0 Å². The maximum Gasteiger partial charge on any atom is 0.330 e. The standard InChI is InChI=1S/C14H25F4NO/c1-3-19-12(11-6-4-5-10(2)7-11)8-20-9-14(17,18)13(15)16/h10-13,19H,3-9H2,1-2H3. The van der Waals surface area contributed by atoms with Crippen LogP contribution >= 0.6 is 0 Å². The highest BCUT2D eigenvalue weighted by Crippen LogP contribution is 2.31. The summed E-state index contributed by atoms with van der Waals surface area (Å²) >= 11 is 0. The average molecular weight is 299 g/mol. The van der Waals surface area contributed by atoms with Gasteiger partial charge in [0.05, 0.1) is 6.61 Å². The number of ether oxygens (including phenoxy) is 1.